The molecule has 0 saturated heterocycles. The zero-order valence-electron chi connectivity index (χ0n) is 18.5. The highest BCUT2D eigenvalue weighted by Gasteiger charge is 2.20. The molecule has 0 atom stereocenters. The molecular weight excluding hydrogens is 426 g/mol. The third kappa shape index (κ3) is 4.30. The van der Waals surface area contributed by atoms with Crippen molar-refractivity contribution in [1.82, 2.24) is 9.13 Å². The monoisotopic (exact) mass is 449 g/mol. The van der Waals surface area contributed by atoms with Crippen LogP contribution in [0.25, 0.3) is 11.1 Å². The van der Waals surface area contributed by atoms with E-state index in [0.29, 0.717) is 12.1 Å². The highest BCUT2D eigenvalue weighted by Crippen LogP contribution is 2.22. The zero-order valence-corrected chi connectivity index (χ0v) is 18.5. The van der Waals surface area contributed by atoms with Gasteiger partial charge in [0.2, 0.25) is 0 Å². The van der Waals surface area contributed by atoms with Gasteiger partial charge in [-0.05, 0) is 50.1 Å². The summed E-state index contributed by atoms with van der Waals surface area (Å²) >= 11 is 0. The number of carbonyl (C=O) groups excluding carboxylic acids is 1. The summed E-state index contributed by atoms with van der Waals surface area (Å²) in [5.41, 5.74) is 3.63. The van der Waals surface area contributed by atoms with Crippen molar-refractivity contribution < 1.29 is 18.9 Å². The molecule has 4 aromatic rings. The topological polar surface area (TPSA) is 110 Å². The number of aryl methyl sites for hydroxylation is 2. The number of non-ortho nitro benzene ring substituents is 1. The summed E-state index contributed by atoms with van der Waals surface area (Å²) in [7, 11) is 1.63. The first-order valence-corrected chi connectivity index (χ1v) is 10.4. The van der Waals surface area contributed by atoms with Gasteiger partial charge in [0.05, 0.1) is 24.1 Å². The molecule has 0 aliphatic heterocycles. The maximum atomic E-state index is 13.1. The quantitative estimate of drug-likeness (QED) is 0.228. The Bertz CT molecular complexity index is 1410. The maximum absolute atomic E-state index is 13.1. The first kappa shape index (κ1) is 22.1. The van der Waals surface area contributed by atoms with Crippen molar-refractivity contribution in [2.75, 3.05) is 7.11 Å². The van der Waals surface area contributed by atoms with E-state index in [1.165, 1.54) is 18.2 Å². The summed E-state index contributed by atoms with van der Waals surface area (Å²) in [5, 5.41) is 11.1. The second-order valence-electron chi connectivity index (χ2n) is 7.82. The Hall–Kier alpha value is -4.14. The van der Waals surface area contributed by atoms with E-state index in [9.17, 15) is 19.7 Å². The van der Waals surface area contributed by atoms with Crippen LogP contribution in [-0.2, 0) is 19.5 Å². The van der Waals surface area contributed by atoms with Crippen LogP contribution in [0.1, 0.15) is 27.3 Å². The number of benzene rings is 2. The molecule has 9 nitrogen and oxygen atoms in total. The molecule has 33 heavy (non-hydrogen) atoms. The number of hydrogen-bond donors (Lipinski definition) is 0. The molecule has 0 amide bonds. The average molecular weight is 449 g/mol. The number of rotatable bonds is 8. The summed E-state index contributed by atoms with van der Waals surface area (Å²) < 4.78 is 13.5. The van der Waals surface area contributed by atoms with Crippen molar-refractivity contribution >= 4 is 22.6 Å². The molecule has 170 valence electrons. The fourth-order valence-electron chi connectivity index (χ4n) is 4.00. The van der Waals surface area contributed by atoms with Crippen LogP contribution in [0.4, 0.5) is 5.69 Å². The number of Topliss-reactive ketones (excluding diaryl/α,β-unsaturated/α-hetero) is 1. The number of nitrogens with zero attached hydrogens (tertiary/aromatic N) is 3. The third-order valence-electron chi connectivity index (χ3n) is 5.82. The third-order valence-corrected chi connectivity index (χ3v) is 5.82. The molecule has 0 bridgehead atoms. The Balaban J connectivity index is 1.57. The number of hydrogen-bond acceptors (Lipinski definition) is 6. The minimum Gasteiger partial charge on any atom is -0.497 e. The first-order valence-electron chi connectivity index (χ1n) is 10.4. The van der Waals surface area contributed by atoms with Gasteiger partial charge < -0.3 is 13.7 Å². The molecule has 4 rings (SSSR count). The number of ketones is 1. The lowest BCUT2D eigenvalue weighted by Crippen LogP contribution is -2.20. The minimum absolute atomic E-state index is 0.179. The maximum Gasteiger partial charge on any atom is 0.420 e. The number of nitro groups is 1. The molecule has 0 aliphatic carbocycles. The molecule has 2 aromatic heterocycles. The standard InChI is InChI=1S/C24H23N3O6/c1-15-12-20(16(2)25(15)11-10-17-4-7-19(32-3)8-5-17)22(28)14-26-21-13-18(27(30)31)6-9-23(21)33-24(26)29/h4-9,12-13H,10-11,14H2,1-3H3. The largest absolute Gasteiger partial charge is 0.497 e. The van der Waals surface area contributed by atoms with Gasteiger partial charge in [-0.1, -0.05) is 12.1 Å². The zero-order chi connectivity index (χ0) is 23.7. The van der Waals surface area contributed by atoms with Gasteiger partial charge in [0.25, 0.3) is 5.69 Å². The van der Waals surface area contributed by atoms with E-state index >= 15 is 0 Å². The van der Waals surface area contributed by atoms with Gasteiger partial charge in [0.1, 0.15) is 5.75 Å². The van der Waals surface area contributed by atoms with Crippen LogP contribution in [-0.4, -0.2) is 27.0 Å². The second-order valence-corrected chi connectivity index (χ2v) is 7.82. The number of aromatic nitrogens is 2. The molecule has 9 heteroatoms. The van der Waals surface area contributed by atoms with E-state index in [4.69, 9.17) is 9.15 Å². The summed E-state index contributed by atoms with van der Waals surface area (Å²) in [6.07, 6.45) is 0.781. The normalized spacial score (nSPS) is 11.1. The van der Waals surface area contributed by atoms with Crippen molar-refractivity contribution in [3.8, 4) is 5.75 Å². The van der Waals surface area contributed by atoms with E-state index in [1.54, 1.807) is 13.2 Å². The smallest absolute Gasteiger partial charge is 0.420 e. The SMILES string of the molecule is COc1ccc(CCn2c(C)cc(C(=O)Cn3c(=O)oc4ccc([N+](=O)[O-])cc43)c2C)cc1. The van der Waals surface area contributed by atoms with Gasteiger partial charge in [0.15, 0.2) is 11.4 Å². The van der Waals surface area contributed by atoms with Crippen LogP contribution >= 0.6 is 0 Å². The van der Waals surface area contributed by atoms with Crippen molar-refractivity contribution in [1.29, 1.82) is 0 Å². The Morgan fingerprint density at radius 1 is 1.09 bits per heavy atom. The Labute approximate surface area is 189 Å². The van der Waals surface area contributed by atoms with Crippen LogP contribution in [0.15, 0.2) is 57.7 Å². The Morgan fingerprint density at radius 2 is 1.82 bits per heavy atom. The van der Waals surface area contributed by atoms with Crippen molar-refractivity contribution in [3.05, 3.63) is 91.7 Å². The molecule has 0 saturated carbocycles. The fraction of sp³-hybridized carbons (Fsp3) is 0.250. The average Bonchev–Trinajstić information content (AvgIpc) is 3.27. The number of methoxy groups -OCH3 is 1. The highest BCUT2D eigenvalue weighted by atomic mass is 16.6. The van der Waals surface area contributed by atoms with E-state index in [2.05, 4.69) is 4.57 Å². The van der Waals surface area contributed by atoms with E-state index < -0.39 is 10.7 Å². The first-order chi connectivity index (χ1) is 15.8. The number of carbonyl (C=O) groups is 1. The number of oxazole rings is 1. The summed E-state index contributed by atoms with van der Waals surface area (Å²) in [5.74, 6) is -0.199. The Kier molecular flexibility index (Phi) is 5.87. The molecule has 0 aliphatic rings. The van der Waals surface area contributed by atoms with Crippen LogP contribution in [0, 0.1) is 24.0 Å². The molecular formula is C24H23N3O6. The summed E-state index contributed by atoms with van der Waals surface area (Å²) in [4.78, 5) is 35.9. The van der Waals surface area contributed by atoms with Crippen molar-refractivity contribution in [2.24, 2.45) is 0 Å². The molecule has 0 fully saturated rings. The van der Waals surface area contributed by atoms with Crippen LogP contribution < -0.4 is 10.5 Å². The van der Waals surface area contributed by atoms with E-state index in [1.807, 2.05) is 38.1 Å². The summed E-state index contributed by atoms with van der Waals surface area (Å²) in [6, 6.07) is 13.5. The number of ether oxygens (including phenoxy) is 1. The van der Waals surface area contributed by atoms with Gasteiger partial charge >= 0.3 is 5.76 Å². The van der Waals surface area contributed by atoms with Crippen molar-refractivity contribution in [2.45, 2.75) is 33.4 Å². The van der Waals surface area contributed by atoms with Gasteiger partial charge in [0, 0.05) is 35.6 Å². The van der Waals surface area contributed by atoms with Gasteiger partial charge in [-0.25, -0.2) is 4.79 Å². The lowest BCUT2D eigenvalue weighted by atomic mass is 10.1. The van der Waals surface area contributed by atoms with E-state index in [-0.39, 0.29) is 29.1 Å². The van der Waals surface area contributed by atoms with Gasteiger partial charge in [-0.3, -0.25) is 19.5 Å². The number of nitro benzene ring substituents is 1. The molecule has 0 radical (unpaired) electrons. The predicted octanol–water partition coefficient (Wildman–Crippen LogP) is 4.06. The summed E-state index contributed by atoms with van der Waals surface area (Å²) in [6.45, 7) is 4.23. The second kappa shape index (κ2) is 8.78. The lowest BCUT2D eigenvalue weighted by molar-refractivity contribution is -0.384. The Morgan fingerprint density at radius 3 is 2.48 bits per heavy atom. The van der Waals surface area contributed by atoms with Crippen LogP contribution in [0.2, 0.25) is 0 Å². The van der Waals surface area contributed by atoms with Crippen molar-refractivity contribution in [3.63, 3.8) is 0 Å². The van der Waals surface area contributed by atoms with Crippen LogP contribution in [0.3, 0.4) is 0 Å². The molecule has 2 aromatic carbocycles. The van der Waals surface area contributed by atoms with Crippen LogP contribution in [0.5, 0.6) is 5.75 Å². The molecule has 0 unspecified atom stereocenters. The van der Waals surface area contributed by atoms with Gasteiger partial charge in [-0.2, -0.15) is 0 Å². The minimum atomic E-state index is -0.729. The predicted molar refractivity (Wildman–Crippen MR) is 122 cm³/mol. The lowest BCUT2D eigenvalue weighted by Gasteiger charge is -2.10. The van der Waals surface area contributed by atoms with E-state index in [0.717, 1.165) is 33.7 Å². The fourth-order valence-corrected chi connectivity index (χ4v) is 4.00. The molecule has 2 heterocycles. The number of fused-ring (bicyclic) bond motifs is 1. The highest BCUT2D eigenvalue weighted by molar-refractivity contribution is 5.98. The van der Waals surface area contributed by atoms with Gasteiger partial charge in [-0.15, -0.1) is 0 Å². The molecule has 0 spiro atoms. The molecule has 0 N–H and O–H groups in total.